The predicted octanol–water partition coefficient (Wildman–Crippen LogP) is 5.79. The number of carbonyl (C=O) groups is 1. The molecule has 6 heteroatoms. The quantitative estimate of drug-likeness (QED) is 0.220. The Morgan fingerprint density at radius 2 is 1.66 bits per heavy atom. The summed E-state index contributed by atoms with van der Waals surface area (Å²) >= 11 is 0. The van der Waals surface area contributed by atoms with Gasteiger partial charge in [-0.15, -0.1) is 0 Å². The van der Waals surface area contributed by atoms with Crippen LogP contribution in [0.5, 0.6) is 0 Å². The third kappa shape index (κ3) is 7.99. The molecule has 2 aromatic carbocycles. The van der Waals surface area contributed by atoms with E-state index < -0.39 is 5.91 Å². The van der Waals surface area contributed by atoms with Crippen LogP contribution in [0.1, 0.15) is 67.8 Å². The molecule has 0 spiro atoms. The molecule has 4 nitrogen and oxygen atoms in total. The zero-order chi connectivity index (χ0) is 23.7. The number of halogens is 2. The van der Waals surface area contributed by atoms with E-state index in [0.29, 0.717) is 29.9 Å². The van der Waals surface area contributed by atoms with Gasteiger partial charge < -0.3 is 5.32 Å². The van der Waals surface area contributed by atoms with E-state index >= 15 is 0 Å². The predicted molar refractivity (Wildman–Crippen MR) is 123 cm³/mol. The number of rotatable bonds is 12. The molecule has 0 bridgehead atoms. The minimum atomic E-state index is -0.415. The Hall–Kier alpha value is -2.31. The Bertz CT molecular complexity index is 846. The van der Waals surface area contributed by atoms with Crippen LogP contribution < -0.4 is 10.8 Å². The molecule has 2 aromatic rings. The van der Waals surface area contributed by atoms with Gasteiger partial charge in [0.25, 0.3) is 0 Å². The Morgan fingerprint density at radius 1 is 1.03 bits per heavy atom. The molecular formula is C26H36F2N2O2. The van der Waals surface area contributed by atoms with E-state index in [0.717, 1.165) is 36.9 Å². The summed E-state index contributed by atoms with van der Waals surface area (Å²) in [5, 5.41) is 12.7. The molecule has 0 saturated carbocycles. The highest BCUT2D eigenvalue weighted by atomic mass is 19.1. The molecule has 32 heavy (non-hydrogen) atoms. The average Bonchev–Trinajstić information content (AvgIpc) is 2.75. The van der Waals surface area contributed by atoms with Crippen molar-refractivity contribution in [2.75, 3.05) is 6.54 Å². The van der Waals surface area contributed by atoms with Crippen LogP contribution in [0.2, 0.25) is 0 Å². The molecule has 1 amide bonds. The molecule has 0 aliphatic rings. The van der Waals surface area contributed by atoms with Crippen molar-refractivity contribution in [3.8, 4) is 0 Å². The highest BCUT2D eigenvalue weighted by molar-refractivity contribution is 5.77. The summed E-state index contributed by atoms with van der Waals surface area (Å²) < 4.78 is 27.2. The second-order valence-electron chi connectivity index (χ2n) is 9.10. The average molecular weight is 447 g/mol. The minimum Gasteiger partial charge on any atom is -0.310 e. The van der Waals surface area contributed by atoms with Gasteiger partial charge in [-0.1, -0.05) is 44.5 Å². The molecule has 0 aliphatic carbocycles. The highest BCUT2D eigenvalue weighted by Gasteiger charge is 2.19. The van der Waals surface area contributed by atoms with Gasteiger partial charge in [0.2, 0.25) is 5.91 Å². The molecule has 0 unspecified atom stereocenters. The lowest BCUT2D eigenvalue weighted by atomic mass is 9.91. The van der Waals surface area contributed by atoms with Crippen LogP contribution in [-0.2, 0) is 11.2 Å². The summed E-state index contributed by atoms with van der Waals surface area (Å²) in [6, 6.07) is 10.3. The maximum absolute atomic E-state index is 13.9. The maximum atomic E-state index is 13.9. The van der Waals surface area contributed by atoms with Crippen molar-refractivity contribution < 1.29 is 18.8 Å². The Balaban J connectivity index is 1.90. The molecule has 2 atom stereocenters. The zero-order valence-corrected chi connectivity index (χ0v) is 19.6. The first-order valence-electron chi connectivity index (χ1n) is 11.4. The van der Waals surface area contributed by atoms with Crippen molar-refractivity contribution in [3.05, 3.63) is 70.3 Å². The van der Waals surface area contributed by atoms with Crippen LogP contribution in [0.3, 0.4) is 0 Å². The molecule has 176 valence electrons. The second kappa shape index (κ2) is 12.7. The summed E-state index contributed by atoms with van der Waals surface area (Å²) in [4.78, 5) is 12.2. The van der Waals surface area contributed by atoms with Crippen molar-refractivity contribution in [3.63, 3.8) is 0 Å². The molecule has 0 radical (unpaired) electrons. The lowest BCUT2D eigenvalue weighted by Crippen LogP contribution is -2.30. The monoisotopic (exact) mass is 446 g/mol. The third-order valence-electron chi connectivity index (χ3n) is 5.81. The first-order chi connectivity index (χ1) is 15.2. The van der Waals surface area contributed by atoms with Crippen molar-refractivity contribution in [1.82, 2.24) is 10.8 Å². The number of hydrogen-bond donors (Lipinski definition) is 3. The number of amides is 1. The molecule has 0 aromatic heterocycles. The van der Waals surface area contributed by atoms with Crippen LogP contribution in [0, 0.1) is 37.3 Å². The summed E-state index contributed by atoms with van der Waals surface area (Å²) in [5.41, 5.74) is 4.85. The van der Waals surface area contributed by atoms with E-state index in [1.807, 2.05) is 12.1 Å². The van der Waals surface area contributed by atoms with Crippen molar-refractivity contribution >= 4 is 5.91 Å². The van der Waals surface area contributed by atoms with Gasteiger partial charge in [-0.3, -0.25) is 10.0 Å². The Kier molecular flexibility index (Phi) is 10.3. The molecular weight excluding hydrogens is 410 g/mol. The highest BCUT2D eigenvalue weighted by Crippen LogP contribution is 2.23. The van der Waals surface area contributed by atoms with E-state index in [9.17, 15) is 13.6 Å². The molecule has 2 rings (SSSR count). The first-order valence-corrected chi connectivity index (χ1v) is 11.4. The van der Waals surface area contributed by atoms with Crippen LogP contribution in [0.15, 0.2) is 36.4 Å². The van der Waals surface area contributed by atoms with Crippen molar-refractivity contribution in [1.29, 1.82) is 0 Å². The van der Waals surface area contributed by atoms with E-state index in [-0.39, 0.29) is 23.6 Å². The van der Waals surface area contributed by atoms with Crippen LogP contribution in [-0.4, -0.2) is 17.7 Å². The van der Waals surface area contributed by atoms with E-state index in [1.165, 1.54) is 12.1 Å². The van der Waals surface area contributed by atoms with Crippen LogP contribution >= 0.6 is 0 Å². The number of hydrogen-bond acceptors (Lipinski definition) is 3. The van der Waals surface area contributed by atoms with Gasteiger partial charge in [0.15, 0.2) is 0 Å². The topological polar surface area (TPSA) is 61.4 Å². The van der Waals surface area contributed by atoms with Gasteiger partial charge in [0.1, 0.15) is 11.6 Å². The lowest BCUT2D eigenvalue weighted by Gasteiger charge is -2.22. The summed E-state index contributed by atoms with van der Waals surface area (Å²) in [7, 11) is 0. The Morgan fingerprint density at radius 3 is 2.22 bits per heavy atom. The fraction of sp³-hybridized carbons (Fsp3) is 0.500. The van der Waals surface area contributed by atoms with E-state index in [2.05, 4.69) is 19.2 Å². The van der Waals surface area contributed by atoms with Crippen molar-refractivity contribution in [2.24, 2.45) is 11.8 Å². The SMILES string of the molecule is Cc1cc(C[C@H](CCCCN[C@H](CC(C)C)c2ccc(F)cc2)C(=O)NO)cc(C)c1F. The van der Waals surface area contributed by atoms with Gasteiger partial charge in [-0.25, -0.2) is 14.3 Å². The van der Waals surface area contributed by atoms with Crippen LogP contribution in [0.25, 0.3) is 0 Å². The number of nitrogens with one attached hydrogen (secondary N) is 2. The lowest BCUT2D eigenvalue weighted by molar-refractivity contribution is -0.133. The van der Waals surface area contributed by atoms with Gasteiger partial charge in [-0.2, -0.15) is 0 Å². The maximum Gasteiger partial charge on any atom is 0.246 e. The summed E-state index contributed by atoms with van der Waals surface area (Å²) in [5.74, 6) is -0.760. The first kappa shape index (κ1) is 25.9. The molecule has 0 aliphatic heterocycles. The van der Waals surface area contributed by atoms with E-state index in [1.54, 1.807) is 31.5 Å². The smallest absolute Gasteiger partial charge is 0.246 e. The van der Waals surface area contributed by atoms with Gasteiger partial charge in [0, 0.05) is 12.0 Å². The van der Waals surface area contributed by atoms with Gasteiger partial charge in [0.05, 0.1) is 0 Å². The van der Waals surface area contributed by atoms with Crippen LogP contribution in [0.4, 0.5) is 8.78 Å². The van der Waals surface area contributed by atoms with Gasteiger partial charge in [-0.05, 0) is 86.4 Å². The molecule has 0 heterocycles. The molecule has 0 fully saturated rings. The second-order valence-corrected chi connectivity index (χ2v) is 9.10. The number of carbonyl (C=O) groups excluding carboxylic acids is 1. The summed E-state index contributed by atoms with van der Waals surface area (Å²) in [6.45, 7) is 8.53. The minimum absolute atomic E-state index is 0.150. The zero-order valence-electron chi connectivity index (χ0n) is 19.6. The fourth-order valence-corrected chi connectivity index (χ4v) is 4.15. The Labute approximate surface area is 190 Å². The number of aryl methyl sites for hydroxylation is 2. The number of benzene rings is 2. The molecule has 3 N–H and O–H groups in total. The third-order valence-corrected chi connectivity index (χ3v) is 5.81. The van der Waals surface area contributed by atoms with E-state index in [4.69, 9.17) is 5.21 Å². The fourth-order valence-electron chi connectivity index (χ4n) is 4.15. The van der Waals surface area contributed by atoms with Crippen molar-refractivity contribution in [2.45, 2.75) is 65.8 Å². The summed E-state index contributed by atoms with van der Waals surface area (Å²) in [6.07, 6.45) is 3.70. The van der Waals surface area contributed by atoms with Gasteiger partial charge >= 0.3 is 0 Å². The normalized spacial score (nSPS) is 13.2. The number of unbranched alkanes of at least 4 members (excludes halogenated alkanes) is 1. The molecule has 0 saturated heterocycles. The number of hydroxylamine groups is 1. The largest absolute Gasteiger partial charge is 0.310 e. The standard InChI is InChI=1S/C26H36F2N2O2/c1-17(2)13-24(21-8-10-23(27)11-9-21)29-12-6-5-7-22(26(31)30-32)16-20-14-18(3)25(28)19(4)15-20/h8-11,14-15,17,22,24,29,32H,5-7,12-13,16H2,1-4H3,(H,30,31)/t22-,24+/m0/s1.